The SMILES string of the molecule is CCCCCCCCCC(Cc1cccc(F)c1Br)NC. The zero-order valence-corrected chi connectivity index (χ0v) is 15.0. The average Bonchev–Trinajstić information content (AvgIpc) is 2.49. The summed E-state index contributed by atoms with van der Waals surface area (Å²) in [6, 6.07) is 5.72. The molecular weight excluding hydrogens is 329 g/mol. The molecule has 1 aromatic rings. The zero-order chi connectivity index (χ0) is 15.5. The Morgan fingerprint density at radius 1 is 1.10 bits per heavy atom. The molecular formula is C18H29BrFN. The second kappa shape index (κ2) is 11.2. The minimum absolute atomic E-state index is 0.168. The van der Waals surface area contributed by atoms with E-state index in [2.05, 4.69) is 28.2 Å². The molecule has 3 heteroatoms. The Labute approximate surface area is 137 Å². The Morgan fingerprint density at radius 2 is 1.76 bits per heavy atom. The van der Waals surface area contributed by atoms with Gasteiger partial charge in [0, 0.05) is 6.04 Å². The van der Waals surface area contributed by atoms with Crippen LogP contribution < -0.4 is 5.32 Å². The first kappa shape index (κ1) is 18.6. The number of hydrogen-bond acceptors (Lipinski definition) is 1. The van der Waals surface area contributed by atoms with Gasteiger partial charge in [-0.25, -0.2) is 4.39 Å². The van der Waals surface area contributed by atoms with Gasteiger partial charge in [-0.15, -0.1) is 0 Å². The summed E-state index contributed by atoms with van der Waals surface area (Å²) in [5.74, 6) is -0.168. The molecule has 0 aromatic heterocycles. The van der Waals surface area contributed by atoms with Gasteiger partial charge in [-0.1, -0.05) is 64.0 Å². The van der Waals surface area contributed by atoms with Crippen molar-refractivity contribution in [3.05, 3.63) is 34.1 Å². The van der Waals surface area contributed by atoms with E-state index < -0.39 is 0 Å². The second-order valence-corrected chi connectivity index (χ2v) is 6.61. The Hall–Kier alpha value is -0.410. The van der Waals surface area contributed by atoms with E-state index in [0.717, 1.165) is 18.4 Å². The smallest absolute Gasteiger partial charge is 0.137 e. The minimum atomic E-state index is -0.168. The molecule has 1 unspecified atom stereocenters. The van der Waals surface area contributed by atoms with E-state index in [0.29, 0.717) is 10.5 Å². The van der Waals surface area contributed by atoms with Crippen LogP contribution in [0.1, 0.15) is 63.9 Å². The molecule has 1 aromatic carbocycles. The van der Waals surface area contributed by atoms with Crippen molar-refractivity contribution in [2.45, 2.75) is 70.8 Å². The van der Waals surface area contributed by atoms with Gasteiger partial charge in [0.15, 0.2) is 0 Å². The maximum atomic E-state index is 13.5. The lowest BCUT2D eigenvalue weighted by Crippen LogP contribution is -2.27. The maximum absolute atomic E-state index is 13.5. The highest BCUT2D eigenvalue weighted by Crippen LogP contribution is 2.22. The first-order valence-corrected chi connectivity index (χ1v) is 9.08. The van der Waals surface area contributed by atoms with Crippen LogP contribution in [0, 0.1) is 5.82 Å². The number of hydrogen-bond donors (Lipinski definition) is 1. The molecule has 0 saturated heterocycles. The summed E-state index contributed by atoms with van der Waals surface area (Å²) in [5.41, 5.74) is 1.05. The van der Waals surface area contributed by atoms with E-state index >= 15 is 0 Å². The number of nitrogens with one attached hydrogen (secondary N) is 1. The molecule has 0 aliphatic carbocycles. The summed E-state index contributed by atoms with van der Waals surface area (Å²) >= 11 is 3.35. The number of likely N-dealkylation sites (N-methyl/N-ethyl adjacent to an activating group) is 1. The molecule has 0 aliphatic heterocycles. The molecule has 1 nitrogen and oxygen atoms in total. The van der Waals surface area contributed by atoms with Gasteiger partial charge in [-0.3, -0.25) is 0 Å². The molecule has 0 aliphatic rings. The second-order valence-electron chi connectivity index (χ2n) is 5.81. The first-order valence-electron chi connectivity index (χ1n) is 8.29. The van der Waals surface area contributed by atoms with Gasteiger partial charge in [0.1, 0.15) is 5.82 Å². The molecule has 21 heavy (non-hydrogen) atoms. The van der Waals surface area contributed by atoms with E-state index in [1.165, 1.54) is 51.0 Å². The highest BCUT2D eigenvalue weighted by molar-refractivity contribution is 9.10. The summed E-state index contributed by atoms with van der Waals surface area (Å²) in [5, 5.41) is 3.37. The van der Waals surface area contributed by atoms with Crippen LogP contribution in [0.5, 0.6) is 0 Å². The Balaban J connectivity index is 2.27. The van der Waals surface area contributed by atoms with E-state index in [4.69, 9.17) is 0 Å². The van der Waals surface area contributed by atoms with Gasteiger partial charge in [0.2, 0.25) is 0 Å². The van der Waals surface area contributed by atoms with Crippen molar-refractivity contribution < 1.29 is 4.39 Å². The molecule has 0 amide bonds. The number of benzene rings is 1. The largest absolute Gasteiger partial charge is 0.317 e. The number of rotatable bonds is 11. The normalized spacial score (nSPS) is 12.6. The topological polar surface area (TPSA) is 12.0 Å². The standard InChI is InChI=1S/C18H29BrFN/c1-3-4-5-6-7-8-9-12-16(21-2)14-15-11-10-13-17(20)18(15)19/h10-11,13,16,21H,3-9,12,14H2,1-2H3. The van der Waals surface area contributed by atoms with Crippen LogP contribution in [-0.2, 0) is 6.42 Å². The summed E-state index contributed by atoms with van der Waals surface area (Å²) in [7, 11) is 2.00. The van der Waals surface area contributed by atoms with Gasteiger partial charge in [-0.2, -0.15) is 0 Å². The number of unbranched alkanes of at least 4 members (excludes halogenated alkanes) is 6. The van der Waals surface area contributed by atoms with Gasteiger partial charge < -0.3 is 5.32 Å². The molecule has 1 atom stereocenters. The Bertz CT molecular complexity index is 395. The third-order valence-corrected chi connectivity index (χ3v) is 4.95. The molecule has 1 rings (SSSR count). The lowest BCUT2D eigenvalue weighted by atomic mass is 9.99. The fraction of sp³-hybridized carbons (Fsp3) is 0.667. The van der Waals surface area contributed by atoms with Crippen molar-refractivity contribution in [2.75, 3.05) is 7.05 Å². The zero-order valence-electron chi connectivity index (χ0n) is 13.4. The molecule has 120 valence electrons. The van der Waals surface area contributed by atoms with Gasteiger partial charge in [0.25, 0.3) is 0 Å². The van der Waals surface area contributed by atoms with Crippen molar-refractivity contribution in [1.82, 2.24) is 5.32 Å². The lowest BCUT2D eigenvalue weighted by molar-refractivity contribution is 0.477. The average molecular weight is 358 g/mol. The van der Waals surface area contributed by atoms with Crippen molar-refractivity contribution in [3.8, 4) is 0 Å². The van der Waals surface area contributed by atoms with Crippen molar-refractivity contribution in [2.24, 2.45) is 0 Å². The summed E-state index contributed by atoms with van der Waals surface area (Å²) in [6.07, 6.45) is 11.4. The third-order valence-electron chi connectivity index (χ3n) is 4.06. The van der Waals surface area contributed by atoms with Gasteiger partial charge >= 0.3 is 0 Å². The van der Waals surface area contributed by atoms with Crippen LogP contribution in [0.3, 0.4) is 0 Å². The van der Waals surface area contributed by atoms with E-state index in [9.17, 15) is 4.39 Å². The van der Waals surface area contributed by atoms with Crippen LogP contribution in [0.25, 0.3) is 0 Å². The fourth-order valence-electron chi connectivity index (χ4n) is 2.67. The van der Waals surface area contributed by atoms with Crippen LogP contribution >= 0.6 is 15.9 Å². The summed E-state index contributed by atoms with van der Waals surface area (Å²) in [6.45, 7) is 2.25. The van der Waals surface area contributed by atoms with E-state index in [-0.39, 0.29) is 5.82 Å². The van der Waals surface area contributed by atoms with Gasteiger partial charge in [-0.05, 0) is 47.4 Å². The molecule has 1 N–H and O–H groups in total. The van der Waals surface area contributed by atoms with Crippen molar-refractivity contribution >= 4 is 15.9 Å². The quantitative estimate of drug-likeness (QED) is 0.489. The van der Waals surface area contributed by atoms with Crippen LogP contribution in [-0.4, -0.2) is 13.1 Å². The number of halogens is 2. The lowest BCUT2D eigenvalue weighted by Gasteiger charge is -2.17. The Morgan fingerprint density at radius 3 is 2.43 bits per heavy atom. The molecule has 0 fully saturated rings. The van der Waals surface area contributed by atoms with Crippen LogP contribution in [0.15, 0.2) is 22.7 Å². The predicted octanol–water partition coefficient (Wildman–Crippen LogP) is 5.86. The predicted molar refractivity (Wildman–Crippen MR) is 93.3 cm³/mol. The third kappa shape index (κ3) is 7.42. The molecule has 0 saturated carbocycles. The summed E-state index contributed by atoms with van der Waals surface area (Å²) < 4.78 is 14.1. The Kier molecular flexibility index (Phi) is 9.94. The van der Waals surface area contributed by atoms with Crippen molar-refractivity contribution in [1.29, 1.82) is 0 Å². The van der Waals surface area contributed by atoms with Crippen LogP contribution in [0.4, 0.5) is 4.39 Å². The van der Waals surface area contributed by atoms with E-state index in [1.807, 2.05) is 13.1 Å². The van der Waals surface area contributed by atoms with Crippen LogP contribution in [0.2, 0.25) is 0 Å². The molecule has 0 bridgehead atoms. The molecule has 0 radical (unpaired) electrons. The van der Waals surface area contributed by atoms with Gasteiger partial charge in [0.05, 0.1) is 4.47 Å². The summed E-state index contributed by atoms with van der Waals surface area (Å²) in [4.78, 5) is 0. The first-order chi connectivity index (χ1) is 10.2. The maximum Gasteiger partial charge on any atom is 0.137 e. The van der Waals surface area contributed by atoms with E-state index in [1.54, 1.807) is 6.07 Å². The molecule has 0 heterocycles. The highest BCUT2D eigenvalue weighted by Gasteiger charge is 2.11. The minimum Gasteiger partial charge on any atom is -0.317 e. The fourth-order valence-corrected chi connectivity index (χ4v) is 3.09. The van der Waals surface area contributed by atoms with Crippen molar-refractivity contribution in [3.63, 3.8) is 0 Å². The molecule has 0 spiro atoms. The monoisotopic (exact) mass is 357 g/mol. The highest BCUT2D eigenvalue weighted by atomic mass is 79.9.